The van der Waals surface area contributed by atoms with Crippen molar-refractivity contribution in [3.05, 3.63) is 35.4 Å². The molecule has 3 nitrogen and oxygen atoms in total. The van der Waals surface area contributed by atoms with Crippen LogP contribution in [0.25, 0.3) is 0 Å². The number of hydrogen-bond donors (Lipinski definition) is 0. The van der Waals surface area contributed by atoms with E-state index in [0.29, 0.717) is 25.7 Å². The van der Waals surface area contributed by atoms with Crippen LogP contribution in [0.2, 0.25) is 0 Å². The Labute approximate surface area is 113 Å². The van der Waals surface area contributed by atoms with Gasteiger partial charge < -0.3 is 14.2 Å². The topological polar surface area (TPSA) is 27.7 Å². The van der Waals surface area contributed by atoms with E-state index >= 15 is 0 Å². The van der Waals surface area contributed by atoms with Crippen molar-refractivity contribution in [3.8, 4) is 12.3 Å². The minimum Gasteiger partial charge on any atom is -0.323 e. The van der Waals surface area contributed by atoms with Gasteiger partial charge >= 0.3 is 5.97 Å². The number of rotatable bonds is 2. The van der Waals surface area contributed by atoms with Gasteiger partial charge in [-0.15, -0.1) is 6.42 Å². The van der Waals surface area contributed by atoms with E-state index in [-0.39, 0.29) is 5.41 Å². The molecule has 0 aromatic heterocycles. The van der Waals surface area contributed by atoms with Crippen LogP contribution in [0.5, 0.6) is 0 Å². The van der Waals surface area contributed by atoms with Crippen LogP contribution in [-0.2, 0) is 20.2 Å². The molecule has 0 radical (unpaired) electrons. The van der Waals surface area contributed by atoms with E-state index in [1.807, 2.05) is 24.3 Å². The van der Waals surface area contributed by atoms with E-state index in [9.17, 15) is 0 Å². The summed E-state index contributed by atoms with van der Waals surface area (Å²) in [4.78, 5) is 0. The first kappa shape index (κ1) is 12.7. The zero-order valence-electron chi connectivity index (χ0n) is 11.3. The van der Waals surface area contributed by atoms with Gasteiger partial charge in [-0.2, -0.15) is 0 Å². The molecule has 0 amide bonds. The lowest BCUT2D eigenvalue weighted by molar-refractivity contribution is -0.484. The Morgan fingerprint density at radius 1 is 1.05 bits per heavy atom. The molecule has 4 rings (SSSR count). The number of fused-ring (bicyclic) bond motifs is 3. The normalized spacial score (nSPS) is 33.4. The van der Waals surface area contributed by atoms with Crippen LogP contribution in [0.15, 0.2) is 24.3 Å². The molecule has 0 spiro atoms. The van der Waals surface area contributed by atoms with Crippen LogP contribution in [0.1, 0.15) is 25.0 Å². The van der Waals surface area contributed by atoms with Gasteiger partial charge in [0.25, 0.3) is 0 Å². The first-order valence-corrected chi connectivity index (χ1v) is 6.59. The van der Waals surface area contributed by atoms with Crippen molar-refractivity contribution in [1.29, 1.82) is 0 Å². The van der Waals surface area contributed by atoms with Crippen LogP contribution in [0, 0.1) is 23.7 Å². The molecule has 19 heavy (non-hydrogen) atoms. The van der Waals surface area contributed by atoms with E-state index in [1.54, 1.807) is 0 Å². The van der Waals surface area contributed by atoms with Crippen molar-refractivity contribution in [2.24, 2.45) is 11.3 Å². The lowest BCUT2D eigenvalue weighted by atomic mass is 9.77. The van der Waals surface area contributed by atoms with E-state index in [0.717, 1.165) is 11.1 Å². The van der Waals surface area contributed by atoms with Crippen LogP contribution in [-0.4, -0.2) is 19.8 Å². The number of hydrogen-bond acceptors (Lipinski definition) is 3. The monoisotopic (exact) mass is 258 g/mol. The molecule has 0 saturated carbocycles. The second-order valence-corrected chi connectivity index (χ2v) is 5.66. The summed E-state index contributed by atoms with van der Waals surface area (Å²) >= 11 is 0. The summed E-state index contributed by atoms with van der Waals surface area (Å²) < 4.78 is 17.7. The zero-order chi connectivity index (χ0) is 13.5. The van der Waals surface area contributed by atoms with E-state index in [2.05, 4.69) is 19.8 Å². The number of ether oxygens (including phenoxy) is 3. The summed E-state index contributed by atoms with van der Waals surface area (Å²) in [7, 11) is 0. The molecule has 3 aliphatic rings. The number of benzene rings is 1. The van der Waals surface area contributed by atoms with Crippen LogP contribution in [0.3, 0.4) is 0 Å². The van der Waals surface area contributed by atoms with Gasteiger partial charge in [-0.25, -0.2) is 0 Å². The van der Waals surface area contributed by atoms with E-state index in [4.69, 9.17) is 20.6 Å². The Morgan fingerprint density at radius 3 is 2.00 bits per heavy atom. The summed E-state index contributed by atoms with van der Waals surface area (Å²) in [5.41, 5.74) is 1.69. The van der Waals surface area contributed by atoms with E-state index in [1.165, 1.54) is 0 Å². The maximum absolute atomic E-state index is 5.89. The first-order chi connectivity index (χ1) is 9.10. The fourth-order valence-corrected chi connectivity index (χ4v) is 2.49. The second kappa shape index (κ2) is 4.35. The smallest absolute Gasteiger partial charge is 0.312 e. The maximum Gasteiger partial charge on any atom is 0.312 e. The van der Waals surface area contributed by atoms with Crippen molar-refractivity contribution in [1.82, 2.24) is 0 Å². The van der Waals surface area contributed by atoms with Gasteiger partial charge in [0.2, 0.25) is 0 Å². The average Bonchev–Trinajstić information content (AvgIpc) is 2.49. The highest BCUT2D eigenvalue weighted by Gasteiger charge is 2.54. The molecule has 0 unspecified atom stereocenters. The van der Waals surface area contributed by atoms with Gasteiger partial charge in [0.15, 0.2) is 0 Å². The van der Waals surface area contributed by atoms with E-state index < -0.39 is 5.97 Å². The highest BCUT2D eigenvalue weighted by atomic mass is 16.9. The van der Waals surface area contributed by atoms with Crippen molar-refractivity contribution in [2.75, 3.05) is 19.8 Å². The molecule has 100 valence electrons. The molecule has 1 aromatic carbocycles. The Bertz CT molecular complexity index is 485. The molecule has 3 aliphatic heterocycles. The second-order valence-electron chi connectivity index (χ2n) is 5.66. The third kappa shape index (κ3) is 1.88. The summed E-state index contributed by atoms with van der Waals surface area (Å²) in [6.07, 6.45) is 5.36. The molecule has 3 heterocycles. The molecule has 3 heteroatoms. The van der Waals surface area contributed by atoms with Crippen LogP contribution < -0.4 is 0 Å². The predicted octanol–water partition coefficient (Wildman–Crippen LogP) is 2.50. The summed E-state index contributed by atoms with van der Waals surface area (Å²) in [5.74, 6) is 2.03. The standard InChI is InChI=1S/C16H18O3/c1-4-13-5-7-14(8-6-13)16-17-9-15(10-18-16,11-19-16)12(2)3/h1,5-8,12H,9-11H2,2-3H3. The van der Waals surface area contributed by atoms with Gasteiger partial charge in [-0.3, -0.25) is 0 Å². The minimum absolute atomic E-state index is 0.0134. The van der Waals surface area contributed by atoms with Crippen molar-refractivity contribution in [3.63, 3.8) is 0 Å². The largest absolute Gasteiger partial charge is 0.323 e. The van der Waals surface area contributed by atoms with Crippen molar-refractivity contribution >= 4 is 0 Å². The zero-order valence-corrected chi connectivity index (χ0v) is 11.3. The summed E-state index contributed by atoms with van der Waals surface area (Å²) in [6, 6.07) is 7.56. The molecule has 1 aromatic rings. The Balaban J connectivity index is 1.85. The predicted molar refractivity (Wildman–Crippen MR) is 71.2 cm³/mol. The fourth-order valence-electron chi connectivity index (χ4n) is 2.49. The molecule has 0 atom stereocenters. The third-order valence-corrected chi connectivity index (χ3v) is 4.28. The first-order valence-electron chi connectivity index (χ1n) is 6.59. The highest BCUT2D eigenvalue weighted by molar-refractivity contribution is 5.35. The van der Waals surface area contributed by atoms with Crippen molar-refractivity contribution < 1.29 is 14.2 Å². The van der Waals surface area contributed by atoms with Crippen molar-refractivity contribution in [2.45, 2.75) is 19.8 Å². The molecular weight excluding hydrogens is 240 g/mol. The van der Waals surface area contributed by atoms with Gasteiger partial charge in [0.05, 0.1) is 19.8 Å². The SMILES string of the molecule is C#Cc1ccc(C23OCC(C(C)C)(CO2)CO3)cc1. The molecular formula is C16H18O3. The van der Waals surface area contributed by atoms with Gasteiger partial charge in [-0.05, 0) is 30.2 Å². The maximum atomic E-state index is 5.89. The summed E-state index contributed by atoms with van der Waals surface area (Å²) in [6.45, 7) is 6.36. The highest BCUT2D eigenvalue weighted by Crippen LogP contribution is 2.47. The third-order valence-electron chi connectivity index (χ3n) is 4.28. The Kier molecular flexibility index (Phi) is 2.90. The molecule has 3 saturated heterocycles. The molecule has 0 N–H and O–H groups in total. The molecule has 2 bridgehead atoms. The van der Waals surface area contributed by atoms with Crippen LogP contribution in [0.4, 0.5) is 0 Å². The Hall–Kier alpha value is -1.34. The summed E-state index contributed by atoms with van der Waals surface area (Å²) in [5, 5.41) is 0. The lowest BCUT2D eigenvalue weighted by Gasteiger charge is -2.53. The van der Waals surface area contributed by atoms with Crippen LogP contribution >= 0.6 is 0 Å². The Morgan fingerprint density at radius 2 is 1.58 bits per heavy atom. The van der Waals surface area contributed by atoms with Gasteiger partial charge in [0.1, 0.15) is 0 Å². The minimum atomic E-state index is -1.04. The average molecular weight is 258 g/mol. The van der Waals surface area contributed by atoms with Gasteiger partial charge in [0, 0.05) is 16.5 Å². The van der Waals surface area contributed by atoms with Gasteiger partial charge in [-0.1, -0.05) is 19.8 Å². The molecule has 3 fully saturated rings. The fraction of sp³-hybridized carbons (Fsp3) is 0.500. The number of terminal acetylenes is 1. The molecule has 0 aliphatic carbocycles. The quantitative estimate of drug-likeness (QED) is 0.763. The lowest BCUT2D eigenvalue weighted by Crippen LogP contribution is -2.60.